The predicted molar refractivity (Wildman–Crippen MR) is 145 cm³/mol. The lowest BCUT2D eigenvalue weighted by atomic mass is 9.66. The molecule has 2 aliphatic carbocycles. The first kappa shape index (κ1) is 28.6. The second kappa shape index (κ2) is 11.8. The number of thiazole rings is 1. The fourth-order valence-corrected chi connectivity index (χ4v) is 7.16. The molecule has 2 heterocycles. The molecule has 38 heavy (non-hydrogen) atoms. The van der Waals surface area contributed by atoms with E-state index < -0.39 is 6.61 Å². The van der Waals surface area contributed by atoms with E-state index >= 15 is 0 Å². The molecule has 0 aromatic carbocycles. The largest absolute Gasteiger partial charge is 0.432 e. The molecule has 0 spiro atoms. The summed E-state index contributed by atoms with van der Waals surface area (Å²) in [5.41, 5.74) is 0.512. The lowest BCUT2D eigenvalue weighted by molar-refractivity contribution is -0.133. The van der Waals surface area contributed by atoms with Crippen molar-refractivity contribution in [3.63, 3.8) is 0 Å². The maximum atomic E-state index is 13.6. The van der Waals surface area contributed by atoms with Gasteiger partial charge in [0.2, 0.25) is 0 Å². The van der Waals surface area contributed by atoms with Crippen LogP contribution >= 0.6 is 11.3 Å². The Labute approximate surface area is 229 Å². The predicted octanol–water partition coefficient (Wildman–Crippen LogP) is 7.94. The standard InChI is InChI=1S/C30H39F2N3O2S/c1-17-6-9-23(17)28(36)20-13-19(18(2)12-21(14-20)30(3,4)5)7-11-26-34-16-25(38-26)27-24(37-29(31)32)10-8-22(15-33)35-27/h8,10,16-21,23,29H,6-7,9,11-14H2,1-5H3/t17?,18?,19?,20-,21-,23?/m0/s1. The van der Waals surface area contributed by atoms with Crippen molar-refractivity contribution >= 4 is 17.1 Å². The van der Waals surface area contributed by atoms with E-state index in [1.807, 2.05) is 6.07 Å². The molecule has 0 aliphatic heterocycles. The number of aryl methyl sites for hydroxylation is 1. The maximum absolute atomic E-state index is 13.6. The number of ketones is 1. The van der Waals surface area contributed by atoms with Crippen molar-refractivity contribution in [1.82, 2.24) is 9.97 Å². The average molecular weight is 544 g/mol. The van der Waals surface area contributed by atoms with Crippen molar-refractivity contribution in [2.24, 2.45) is 40.9 Å². The zero-order valence-corrected chi connectivity index (χ0v) is 23.9. The van der Waals surface area contributed by atoms with E-state index in [-0.39, 0.29) is 34.4 Å². The number of nitriles is 1. The Bertz CT molecular complexity index is 1170. The SMILES string of the molecule is CC1C[C@H](C(C)(C)C)C[C@@H](C(=O)C2CCC2C)CC1CCc1ncc(-c2nc(C#N)ccc2OC(F)F)s1. The highest BCUT2D eigenvalue weighted by atomic mass is 32.1. The summed E-state index contributed by atoms with van der Waals surface area (Å²) in [5, 5.41) is 10.1. The number of pyridine rings is 1. The van der Waals surface area contributed by atoms with Gasteiger partial charge in [-0.15, -0.1) is 11.3 Å². The molecule has 0 bridgehead atoms. The molecule has 2 aromatic heterocycles. The van der Waals surface area contributed by atoms with E-state index in [4.69, 9.17) is 0 Å². The first-order valence-electron chi connectivity index (χ1n) is 13.8. The van der Waals surface area contributed by atoms with Crippen molar-refractivity contribution < 1.29 is 18.3 Å². The number of aromatic nitrogens is 2. The molecule has 5 nitrogen and oxygen atoms in total. The summed E-state index contributed by atoms with van der Waals surface area (Å²) in [5.74, 6) is 2.75. The molecular formula is C30H39F2N3O2S. The van der Waals surface area contributed by atoms with Crippen LogP contribution in [0, 0.1) is 52.3 Å². The third-order valence-electron chi connectivity index (χ3n) is 8.93. The second-order valence-electron chi connectivity index (χ2n) is 12.5. The molecule has 4 unspecified atom stereocenters. The van der Waals surface area contributed by atoms with Crippen LogP contribution in [0.15, 0.2) is 18.3 Å². The fourth-order valence-electron chi connectivity index (χ4n) is 6.23. The zero-order valence-electron chi connectivity index (χ0n) is 23.0. The summed E-state index contributed by atoms with van der Waals surface area (Å²) < 4.78 is 30.5. The van der Waals surface area contributed by atoms with Crippen LogP contribution in [0.4, 0.5) is 8.78 Å². The third kappa shape index (κ3) is 6.59. The highest BCUT2D eigenvalue weighted by Gasteiger charge is 2.42. The highest BCUT2D eigenvalue weighted by molar-refractivity contribution is 7.15. The monoisotopic (exact) mass is 543 g/mol. The normalized spacial score (nSPS) is 27.9. The van der Waals surface area contributed by atoms with Crippen LogP contribution in [0.3, 0.4) is 0 Å². The van der Waals surface area contributed by atoms with Gasteiger partial charge in [0.05, 0.1) is 9.88 Å². The molecule has 2 saturated carbocycles. The van der Waals surface area contributed by atoms with Gasteiger partial charge in [0.1, 0.15) is 23.2 Å². The average Bonchev–Trinajstić information content (AvgIpc) is 3.24. The number of halogens is 2. The summed E-state index contributed by atoms with van der Waals surface area (Å²) in [4.78, 5) is 22.9. The van der Waals surface area contributed by atoms with Gasteiger partial charge in [0.25, 0.3) is 0 Å². The topological polar surface area (TPSA) is 75.9 Å². The van der Waals surface area contributed by atoms with Gasteiger partial charge in [0.15, 0.2) is 5.75 Å². The quantitative estimate of drug-likeness (QED) is 0.316. The number of nitrogens with zero attached hydrogens (tertiary/aromatic N) is 3. The molecular weight excluding hydrogens is 504 g/mol. The summed E-state index contributed by atoms with van der Waals surface area (Å²) in [7, 11) is 0. The van der Waals surface area contributed by atoms with Gasteiger partial charge in [-0.1, -0.05) is 34.6 Å². The van der Waals surface area contributed by atoms with Crippen molar-refractivity contribution in [1.29, 1.82) is 5.26 Å². The number of ether oxygens (including phenoxy) is 1. The minimum atomic E-state index is -2.98. The Hall–Kier alpha value is -2.40. The molecule has 4 rings (SSSR count). The Morgan fingerprint density at radius 2 is 1.95 bits per heavy atom. The van der Waals surface area contributed by atoms with Crippen LogP contribution in [-0.4, -0.2) is 22.4 Å². The number of Topliss-reactive ketones (excluding diaryl/α,β-unsaturated/α-hetero) is 1. The first-order chi connectivity index (χ1) is 18.0. The molecule has 2 fully saturated rings. The molecule has 0 N–H and O–H groups in total. The second-order valence-corrected chi connectivity index (χ2v) is 13.6. The molecule has 206 valence electrons. The molecule has 2 aromatic rings. The zero-order chi connectivity index (χ0) is 27.6. The molecule has 8 heteroatoms. The van der Waals surface area contributed by atoms with Crippen molar-refractivity contribution in [2.75, 3.05) is 0 Å². The van der Waals surface area contributed by atoms with Crippen LogP contribution in [0.5, 0.6) is 5.75 Å². The van der Waals surface area contributed by atoms with E-state index in [2.05, 4.69) is 49.3 Å². The summed E-state index contributed by atoms with van der Waals surface area (Å²) in [6, 6.07) is 4.67. The number of hydrogen-bond acceptors (Lipinski definition) is 6. The Balaban J connectivity index is 1.50. The van der Waals surface area contributed by atoms with Gasteiger partial charge in [-0.3, -0.25) is 4.79 Å². The van der Waals surface area contributed by atoms with E-state index in [0.29, 0.717) is 34.3 Å². The van der Waals surface area contributed by atoms with Crippen LogP contribution in [0.25, 0.3) is 10.6 Å². The fraction of sp³-hybridized carbons (Fsp3) is 0.667. The Morgan fingerprint density at radius 1 is 1.18 bits per heavy atom. The van der Waals surface area contributed by atoms with Crippen molar-refractivity contribution in [2.45, 2.75) is 86.2 Å². The number of carbonyl (C=O) groups excluding carboxylic acids is 1. The van der Waals surface area contributed by atoms with E-state index in [1.165, 1.54) is 23.5 Å². The summed E-state index contributed by atoms with van der Waals surface area (Å²) in [6.45, 7) is 8.47. The van der Waals surface area contributed by atoms with Gasteiger partial charge in [0, 0.05) is 18.0 Å². The van der Waals surface area contributed by atoms with E-state index in [1.54, 1.807) is 6.20 Å². The minimum absolute atomic E-state index is 0.0635. The van der Waals surface area contributed by atoms with Crippen molar-refractivity contribution in [3.8, 4) is 22.4 Å². The third-order valence-corrected chi connectivity index (χ3v) is 10.00. The molecule has 0 amide bonds. The number of hydrogen-bond donors (Lipinski definition) is 0. The van der Waals surface area contributed by atoms with Crippen LogP contribution < -0.4 is 4.74 Å². The highest BCUT2D eigenvalue weighted by Crippen LogP contribution is 2.47. The van der Waals surface area contributed by atoms with Crippen molar-refractivity contribution in [3.05, 3.63) is 29.0 Å². The first-order valence-corrected chi connectivity index (χ1v) is 14.6. The summed E-state index contributed by atoms with van der Waals surface area (Å²) >= 11 is 1.40. The Morgan fingerprint density at radius 3 is 2.55 bits per heavy atom. The molecule has 6 atom stereocenters. The van der Waals surface area contributed by atoms with Gasteiger partial charge in [-0.2, -0.15) is 14.0 Å². The van der Waals surface area contributed by atoms with Crippen LogP contribution in [0.1, 0.15) is 83.8 Å². The van der Waals surface area contributed by atoms with Gasteiger partial charge < -0.3 is 4.74 Å². The van der Waals surface area contributed by atoms with Crippen LogP contribution in [-0.2, 0) is 11.2 Å². The number of alkyl halides is 2. The lowest BCUT2D eigenvalue weighted by Gasteiger charge is -2.37. The molecule has 0 radical (unpaired) electrons. The van der Waals surface area contributed by atoms with Gasteiger partial charge in [-0.05, 0) is 86.2 Å². The lowest BCUT2D eigenvalue weighted by Crippen LogP contribution is -2.37. The Kier molecular flexibility index (Phi) is 8.86. The van der Waals surface area contributed by atoms with E-state index in [0.717, 1.165) is 50.0 Å². The number of carbonyl (C=O) groups is 1. The number of rotatable bonds is 8. The minimum Gasteiger partial charge on any atom is -0.432 e. The van der Waals surface area contributed by atoms with Crippen LogP contribution in [0.2, 0.25) is 0 Å². The summed E-state index contributed by atoms with van der Waals surface area (Å²) in [6.07, 6.45) is 8.56. The maximum Gasteiger partial charge on any atom is 0.387 e. The smallest absolute Gasteiger partial charge is 0.387 e. The van der Waals surface area contributed by atoms with Gasteiger partial charge >= 0.3 is 6.61 Å². The molecule has 0 saturated heterocycles. The molecule has 2 aliphatic rings. The van der Waals surface area contributed by atoms with E-state index in [9.17, 15) is 18.8 Å². The van der Waals surface area contributed by atoms with Gasteiger partial charge in [-0.25, -0.2) is 9.97 Å².